The van der Waals surface area contributed by atoms with Crippen molar-refractivity contribution in [3.8, 4) is 0 Å². The van der Waals surface area contributed by atoms with Crippen molar-refractivity contribution in [2.45, 2.75) is 108 Å². The first kappa shape index (κ1) is 26.9. The van der Waals surface area contributed by atoms with Crippen LogP contribution in [0.4, 0.5) is 0 Å². The zero-order chi connectivity index (χ0) is 26.3. The maximum atomic E-state index is 12.7. The predicted octanol–water partition coefficient (Wildman–Crippen LogP) is 6.07. The van der Waals surface area contributed by atoms with Gasteiger partial charge in [-0.15, -0.1) is 0 Å². The Hall–Kier alpha value is -2.67. The summed E-state index contributed by atoms with van der Waals surface area (Å²) in [7, 11) is 0. The summed E-state index contributed by atoms with van der Waals surface area (Å²) in [4.78, 5) is 28.4. The SMILES string of the molecule is O=C(O)CCc1ccccc1CC[C@H]1[C@@H](c2nc(C(=O)NCCCCC3CCCCC3)co2)[C@@H]2CC[C@H]1O2. The van der Waals surface area contributed by atoms with Crippen molar-refractivity contribution in [3.05, 3.63) is 53.2 Å². The molecule has 2 aromatic rings. The minimum atomic E-state index is -0.774. The van der Waals surface area contributed by atoms with Gasteiger partial charge in [0.05, 0.1) is 18.1 Å². The third-order valence-corrected chi connectivity index (χ3v) is 8.99. The highest BCUT2D eigenvalue weighted by Gasteiger charge is 2.51. The molecule has 1 aliphatic carbocycles. The molecule has 2 bridgehead atoms. The second kappa shape index (κ2) is 12.9. The number of nitrogens with one attached hydrogen (secondary N) is 1. The van der Waals surface area contributed by atoms with Gasteiger partial charge in [0.2, 0.25) is 5.89 Å². The van der Waals surface area contributed by atoms with Crippen LogP contribution in [0.2, 0.25) is 0 Å². The summed E-state index contributed by atoms with van der Waals surface area (Å²) < 4.78 is 12.2. The number of aryl methyl sites for hydroxylation is 2. The molecule has 2 N–H and O–H groups in total. The fraction of sp³-hybridized carbons (Fsp3) is 0.645. The summed E-state index contributed by atoms with van der Waals surface area (Å²) in [5.41, 5.74) is 2.66. The number of unbranched alkanes of at least 4 members (excludes halogenated alkanes) is 1. The Labute approximate surface area is 225 Å². The van der Waals surface area contributed by atoms with Gasteiger partial charge >= 0.3 is 5.97 Å². The molecule has 0 radical (unpaired) electrons. The number of aliphatic carboxylic acids is 1. The first-order valence-electron chi connectivity index (χ1n) is 14.8. The van der Waals surface area contributed by atoms with Crippen molar-refractivity contribution in [1.82, 2.24) is 10.3 Å². The lowest BCUT2D eigenvalue weighted by atomic mass is 9.76. The lowest BCUT2D eigenvalue weighted by Gasteiger charge is -2.26. The van der Waals surface area contributed by atoms with Crippen LogP contribution in [0.25, 0.3) is 0 Å². The normalized spacial score (nSPS) is 25.1. The van der Waals surface area contributed by atoms with E-state index in [1.54, 1.807) is 0 Å². The van der Waals surface area contributed by atoms with Crippen LogP contribution in [0.5, 0.6) is 0 Å². The van der Waals surface area contributed by atoms with Crippen molar-refractivity contribution in [1.29, 1.82) is 0 Å². The van der Waals surface area contributed by atoms with E-state index in [0.717, 1.165) is 43.6 Å². The van der Waals surface area contributed by atoms with E-state index in [1.165, 1.54) is 56.8 Å². The van der Waals surface area contributed by atoms with E-state index in [9.17, 15) is 9.59 Å². The Morgan fingerprint density at radius 3 is 2.50 bits per heavy atom. The van der Waals surface area contributed by atoms with Crippen molar-refractivity contribution >= 4 is 11.9 Å². The number of hydrogen-bond acceptors (Lipinski definition) is 5. The highest BCUT2D eigenvalue weighted by Crippen LogP contribution is 2.50. The lowest BCUT2D eigenvalue weighted by Crippen LogP contribution is -2.27. The highest BCUT2D eigenvalue weighted by atomic mass is 16.5. The molecule has 0 unspecified atom stereocenters. The molecular weight excluding hydrogens is 480 g/mol. The van der Waals surface area contributed by atoms with Gasteiger partial charge in [0.25, 0.3) is 5.91 Å². The van der Waals surface area contributed by atoms with Crippen molar-refractivity contribution in [3.63, 3.8) is 0 Å². The Morgan fingerprint density at radius 1 is 0.947 bits per heavy atom. The molecule has 1 aromatic heterocycles. The van der Waals surface area contributed by atoms with Gasteiger partial charge in [0, 0.05) is 13.0 Å². The summed E-state index contributed by atoms with van der Waals surface area (Å²) >= 11 is 0. The number of aromatic nitrogens is 1. The van der Waals surface area contributed by atoms with E-state index in [2.05, 4.69) is 16.4 Å². The van der Waals surface area contributed by atoms with Gasteiger partial charge in [-0.3, -0.25) is 9.59 Å². The van der Waals surface area contributed by atoms with Crippen LogP contribution in [-0.4, -0.2) is 40.7 Å². The van der Waals surface area contributed by atoms with Crippen LogP contribution in [-0.2, 0) is 22.4 Å². The Kier molecular flexibility index (Phi) is 9.15. The van der Waals surface area contributed by atoms with Gasteiger partial charge in [-0.2, -0.15) is 0 Å². The van der Waals surface area contributed by atoms with Crippen molar-refractivity contribution in [2.24, 2.45) is 11.8 Å². The van der Waals surface area contributed by atoms with E-state index < -0.39 is 5.97 Å². The van der Waals surface area contributed by atoms with Gasteiger partial charge < -0.3 is 19.6 Å². The predicted molar refractivity (Wildman–Crippen MR) is 144 cm³/mol. The Bertz CT molecular complexity index is 1080. The number of ether oxygens (including phenoxy) is 1. The van der Waals surface area contributed by atoms with Crippen LogP contribution in [0.15, 0.2) is 34.9 Å². The largest absolute Gasteiger partial charge is 0.481 e. The third kappa shape index (κ3) is 6.66. The first-order valence-corrected chi connectivity index (χ1v) is 14.8. The number of rotatable bonds is 13. The molecule has 38 heavy (non-hydrogen) atoms. The summed E-state index contributed by atoms with van der Waals surface area (Å²) in [5.74, 6) is 0.888. The van der Waals surface area contributed by atoms with Crippen molar-refractivity contribution < 1.29 is 23.8 Å². The standard InChI is InChI=1S/C31H42N2O5/c34-28(35)18-14-23-12-5-4-11-22(23)13-15-24-26-16-17-27(38-26)29(24)31-33-25(20-37-31)30(36)32-19-7-6-10-21-8-2-1-3-9-21/h4-5,11-12,20-21,24,26-27,29H,1-3,6-10,13-19H2,(H,32,36)(H,34,35)/t24-,26-,27+,29-/m1/s1. The molecule has 206 valence electrons. The quantitative estimate of drug-likeness (QED) is 0.310. The van der Waals surface area contributed by atoms with Gasteiger partial charge in [-0.25, -0.2) is 4.98 Å². The Balaban J connectivity index is 1.14. The van der Waals surface area contributed by atoms with Gasteiger partial charge in [-0.05, 0) is 61.5 Å². The summed E-state index contributed by atoms with van der Waals surface area (Å²) in [6, 6.07) is 8.12. The number of hydrogen-bond donors (Lipinski definition) is 2. The number of amides is 1. The zero-order valence-electron chi connectivity index (χ0n) is 22.4. The van der Waals surface area contributed by atoms with Crippen LogP contribution in [0, 0.1) is 11.8 Å². The molecule has 3 fully saturated rings. The Morgan fingerprint density at radius 2 is 1.71 bits per heavy atom. The molecule has 1 amide bonds. The number of benzene rings is 1. The number of carbonyl (C=O) groups is 2. The topological polar surface area (TPSA) is 102 Å². The average molecular weight is 523 g/mol. The fourth-order valence-electron chi connectivity index (χ4n) is 6.96. The molecule has 2 aliphatic heterocycles. The second-order valence-corrected chi connectivity index (χ2v) is 11.5. The maximum absolute atomic E-state index is 12.7. The monoisotopic (exact) mass is 522 g/mol. The molecular formula is C31H42N2O5. The molecule has 3 aliphatic rings. The van der Waals surface area contributed by atoms with Crippen LogP contribution < -0.4 is 5.32 Å². The van der Waals surface area contributed by atoms with Gasteiger partial charge in [0.15, 0.2) is 5.69 Å². The summed E-state index contributed by atoms with van der Waals surface area (Å²) in [6.07, 6.45) is 16.6. The first-order chi connectivity index (χ1) is 18.6. The molecule has 4 atom stereocenters. The number of fused-ring (bicyclic) bond motifs is 2. The van der Waals surface area contributed by atoms with Crippen LogP contribution in [0.3, 0.4) is 0 Å². The zero-order valence-corrected chi connectivity index (χ0v) is 22.4. The smallest absolute Gasteiger partial charge is 0.303 e. The van der Waals surface area contributed by atoms with Gasteiger partial charge in [-0.1, -0.05) is 69.2 Å². The van der Waals surface area contributed by atoms with Gasteiger partial charge in [0.1, 0.15) is 6.26 Å². The molecule has 7 heteroatoms. The van der Waals surface area contributed by atoms with E-state index in [1.807, 2.05) is 18.2 Å². The minimum absolute atomic E-state index is 0.0528. The van der Waals surface area contributed by atoms with Crippen LogP contribution >= 0.6 is 0 Å². The lowest BCUT2D eigenvalue weighted by molar-refractivity contribution is -0.136. The number of carboxylic acids is 1. The van der Waals surface area contributed by atoms with E-state index in [4.69, 9.17) is 14.3 Å². The van der Waals surface area contributed by atoms with Crippen molar-refractivity contribution in [2.75, 3.05) is 6.54 Å². The molecule has 1 aromatic carbocycles. The number of nitrogens with zero attached hydrogens (tertiary/aromatic N) is 1. The van der Waals surface area contributed by atoms with E-state index in [0.29, 0.717) is 24.6 Å². The molecule has 2 saturated heterocycles. The average Bonchev–Trinajstić information content (AvgIpc) is 3.68. The van der Waals surface area contributed by atoms with E-state index in [-0.39, 0.29) is 36.4 Å². The number of carboxylic acid groups (broad SMARTS) is 1. The third-order valence-electron chi connectivity index (χ3n) is 8.99. The molecule has 0 spiro atoms. The minimum Gasteiger partial charge on any atom is -0.481 e. The molecule has 7 nitrogen and oxygen atoms in total. The molecule has 5 rings (SSSR count). The summed E-state index contributed by atoms with van der Waals surface area (Å²) in [6.45, 7) is 0.675. The number of carbonyl (C=O) groups excluding carboxylic acids is 1. The molecule has 3 heterocycles. The summed E-state index contributed by atoms with van der Waals surface area (Å²) in [5, 5.41) is 12.1. The number of oxazole rings is 1. The second-order valence-electron chi connectivity index (χ2n) is 11.5. The van der Waals surface area contributed by atoms with E-state index >= 15 is 0 Å². The van der Waals surface area contributed by atoms with Crippen LogP contribution in [0.1, 0.15) is 110 Å². The fourth-order valence-corrected chi connectivity index (χ4v) is 6.96. The maximum Gasteiger partial charge on any atom is 0.303 e. The highest BCUT2D eigenvalue weighted by molar-refractivity contribution is 5.91. The molecule has 1 saturated carbocycles.